The molecule has 2 aliphatic heterocycles. The van der Waals surface area contributed by atoms with E-state index in [0.29, 0.717) is 0 Å². The fourth-order valence-corrected chi connectivity index (χ4v) is 3.98. The molecule has 9 heteroatoms. The lowest BCUT2D eigenvalue weighted by molar-refractivity contribution is -0.130. The second-order valence-corrected chi connectivity index (χ2v) is 7.50. The van der Waals surface area contributed by atoms with E-state index in [1.165, 1.54) is 12.8 Å². The molecule has 164 valence electrons. The lowest BCUT2D eigenvalue weighted by Gasteiger charge is -2.34. The molecule has 1 aromatic heterocycles. The SMILES string of the molecule is CN=C(NCCN1CCN(C(C)=O)CC1)NCC(c1ccco1)N1CCCC1.I. The third-order valence-electron chi connectivity index (χ3n) is 5.68. The second-order valence-electron chi connectivity index (χ2n) is 7.50. The monoisotopic (exact) mass is 518 g/mol. The van der Waals surface area contributed by atoms with Gasteiger partial charge in [-0.15, -0.1) is 24.0 Å². The number of carbonyl (C=O) groups is 1. The molecule has 1 atom stereocenters. The van der Waals surface area contributed by atoms with Crippen LogP contribution in [0.5, 0.6) is 0 Å². The average molecular weight is 518 g/mol. The first-order valence-corrected chi connectivity index (χ1v) is 10.4. The molecule has 1 unspecified atom stereocenters. The molecule has 0 saturated carbocycles. The Bertz CT molecular complexity index is 625. The van der Waals surface area contributed by atoms with Gasteiger partial charge in [0, 0.05) is 59.8 Å². The van der Waals surface area contributed by atoms with Crippen molar-refractivity contribution < 1.29 is 9.21 Å². The smallest absolute Gasteiger partial charge is 0.219 e. The van der Waals surface area contributed by atoms with Crippen molar-refractivity contribution in [3.8, 4) is 0 Å². The van der Waals surface area contributed by atoms with Crippen molar-refractivity contribution in [3.63, 3.8) is 0 Å². The van der Waals surface area contributed by atoms with Gasteiger partial charge in [0.1, 0.15) is 5.76 Å². The minimum atomic E-state index is 0. The van der Waals surface area contributed by atoms with Crippen LogP contribution in [0.15, 0.2) is 27.8 Å². The number of likely N-dealkylation sites (tertiary alicyclic amines) is 1. The number of rotatable bonds is 7. The van der Waals surface area contributed by atoms with E-state index >= 15 is 0 Å². The summed E-state index contributed by atoms with van der Waals surface area (Å²) in [5.41, 5.74) is 0. The summed E-state index contributed by atoms with van der Waals surface area (Å²) < 4.78 is 5.68. The molecule has 1 amide bonds. The van der Waals surface area contributed by atoms with Crippen LogP contribution in [0.3, 0.4) is 0 Å². The van der Waals surface area contributed by atoms with Gasteiger partial charge in [-0.05, 0) is 38.1 Å². The number of hydrogen-bond acceptors (Lipinski definition) is 5. The van der Waals surface area contributed by atoms with Crippen molar-refractivity contribution in [2.45, 2.75) is 25.8 Å². The number of nitrogens with one attached hydrogen (secondary N) is 2. The molecule has 3 heterocycles. The lowest BCUT2D eigenvalue weighted by atomic mass is 10.2. The Kier molecular flexibility index (Phi) is 10.2. The highest BCUT2D eigenvalue weighted by Crippen LogP contribution is 2.24. The van der Waals surface area contributed by atoms with Gasteiger partial charge in [-0.1, -0.05) is 0 Å². The molecule has 3 rings (SSSR count). The molecule has 2 N–H and O–H groups in total. The van der Waals surface area contributed by atoms with E-state index in [2.05, 4.69) is 31.5 Å². The van der Waals surface area contributed by atoms with Gasteiger partial charge in [-0.3, -0.25) is 19.6 Å². The maximum Gasteiger partial charge on any atom is 0.219 e. The Labute approximate surface area is 191 Å². The molecule has 2 saturated heterocycles. The summed E-state index contributed by atoms with van der Waals surface area (Å²) in [6.07, 6.45) is 4.25. The Morgan fingerprint density at radius 2 is 1.90 bits per heavy atom. The normalized spacial score (nSPS) is 19.7. The summed E-state index contributed by atoms with van der Waals surface area (Å²) in [6, 6.07) is 4.24. The summed E-state index contributed by atoms with van der Waals surface area (Å²) in [7, 11) is 1.80. The first kappa shape index (κ1) is 23.9. The topological polar surface area (TPSA) is 76.4 Å². The summed E-state index contributed by atoms with van der Waals surface area (Å²) in [5, 5.41) is 6.87. The molecule has 0 bridgehead atoms. The minimum Gasteiger partial charge on any atom is -0.468 e. The fraction of sp³-hybridized carbons (Fsp3) is 0.700. The van der Waals surface area contributed by atoms with Gasteiger partial charge in [0.05, 0.1) is 12.3 Å². The zero-order valence-corrected chi connectivity index (χ0v) is 19.9. The first-order chi connectivity index (χ1) is 13.7. The number of carbonyl (C=O) groups excluding carboxylic acids is 1. The molecule has 29 heavy (non-hydrogen) atoms. The molecule has 2 aliphatic rings. The largest absolute Gasteiger partial charge is 0.468 e. The van der Waals surface area contributed by atoms with Crippen molar-refractivity contribution in [1.82, 2.24) is 25.3 Å². The Morgan fingerprint density at radius 1 is 1.17 bits per heavy atom. The molecule has 0 radical (unpaired) electrons. The van der Waals surface area contributed by atoms with E-state index in [1.54, 1.807) is 20.2 Å². The van der Waals surface area contributed by atoms with Gasteiger partial charge in [-0.2, -0.15) is 0 Å². The number of guanidine groups is 1. The van der Waals surface area contributed by atoms with Crippen LogP contribution in [0.1, 0.15) is 31.6 Å². The molecule has 1 aromatic rings. The fourth-order valence-electron chi connectivity index (χ4n) is 3.98. The summed E-state index contributed by atoms with van der Waals surface area (Å²) >= 11 is 0. The van der Waals surface area contributed by atoms with Gasteiger partial charge < -0.3 is 20.0 Å². The summed E-state index contributed by atoms with van der Waals surface area (Å²) in [6.45, 7) is 9.93. The third-order valence-corrected chi connectivity index (χ3v) is 5.68. The van der Waals surface area contributed by atoms with E-state index < -0.39 is 0 Å². The molecular weight excluding hydrogens is 483 g/mol. The van der Waals surface area contributed by atoms with Gasteiger partial charge in [-0.25, -0.2) is 0 Å². The van der Waals surface area contributed by atoms with Crippen LogP contribution in [-0.2, 0) is 4.79 Å². The van der Waals surface area contributed by atoms with E-state index in [0.717, 1.165) is 70.6 Å². The third kappa shape index (κ3) is 7.14. The predicted molar refractivity (Wildman–Crippen MR) is 126 cm³/mol. The number of hydrogen-bond donors (Lipinski definition) is 2. The van der Waals surface area contributed by atoms with Gasteiger partial charge in [0.25, 0.3) is 0 Å². The zero-order valence-electron chi connectivity index (χ0n) is 17.6. The van der Waals surface area contributed by atoms with Crippen LogP contribution in [0.25, 0.3) is 0 Å². The summed E-state index contributed by atoms with van der Waals surface area (Å²) in [4.78, 5) is 22.6. The molecule has 0 spiro atoms. The number of furan rings is 1. The van der Waals surface area contributed by atoms with Crippen molar-refractivity contribution in [2.75, 3.05) is 66.0 Å². The lowest BCUT2D eigenvalue weighted by Crippen LogP contribution is -2.50. The van der Waals surface area contributed by atoms with E-state index in [9.17, 15) is 4.79 Å². The molecule has 0 aromatic carbocycles. The Morgan fingerprint density at radius 3 is 2.48 bits per heavy atom. The van der Waals surface area contributed by atoms with E-state index in [4.69, 9.17) is 4.42 Å². The standard InChI is InChI=1S/C20H34N6O2.HI/c1-17(27)25-13-11-24(12-14-25)10-7-22-20(21-2)23-16-18(19-6-5-15-28-19)26-8-3-4-9-26;/h5-6,15,18H,3-4,7-14,16H2,1-2H3,(H2,21,22,23);1H. The predicted octanol–water partition coefficient (Wildman–Crippen LogP) is 1.36. The van der Waals surface area contributed by atoms with Crippen LogP contribution in [0.4, 0.5) is 0 Å². The highest BCUT2D eigenvalue weighted by molar-refractivity contribution is 14.0. The number of aliphatic imine (C=N–C) groups is 1. The quantitative estimate of drug-likeness (QED) is 0.323. The zero-order chi connectivity index (χ0) is 19.8. The highest BCUT2D eigenvalue weighted by atomic mass is 127. The summed E-state index contributed by atoms with van der Waals surface area (Å²) in [5.74, 6) is 2.00. The van der Waals surface area contributed by atoms with Crippen LogP contribution < -0.4 is 10.6 Å². The van der Waals surface area contributed by atoms with Crippen molar-refractivity contribution in [3.05, 3.63) is 24.2 Å². The Hall–Kier alpha value is -1.33. The first-order valence-electron chi connectivity index (χ1n) is 10.4. The molecule has 0 aliphatic carbocycles. The number of nitrogens with zero attached hydrogens (tertiary/aromatic N) is 4. The molecular formula is C20H35IN6O2. The second kappa shape index (κ2) is 12.4. The van der Waals surface area contributed by atoms with E-state index in [-0.39, 0.29) is 35.9 Å². The number of amides is 1. The molecule has 2 fully saturated rings. The van der Waals surface area contributed by atoms with Crippen LogP contribution >= 0.6 is 24.0 Å². The van der Waals surface area contributed by atoms with Crippen LogP contribution in [0, 0.1) is 0 Å². The minimum absolute atomic E-state index is 0. The van der Waals surface area contributed by atoms with Gasteiger partial charge in [0.2, 0.25) is 5.91 Å². The maximum atomic E-state index is 11.4. The van der Waals surface area contributed by atoms with Crippen molar-refractivity contribution in [1.29, 1.82) is 0 Å². The number of halogens is 1. The van der Waals surface area contributed by atoms with Gasteiger partial charge >= 0.3 is 0 Å². The maximum absolute atomic E-state index is 11.4. The van der Waals surface area contributed by atoms with Crippen molar-refractivity contribution in [2.24, 2.45) is 4.99 Å². The average Bonchev–Trinajstić information content (AvgIpc) is 3.42. The number of piperazine rings is 1. The molecule has 8 nitrogen and oxygen atoms in total. The highest BCUT2D eigenvalue weighted by Gasteiger charge is 2.25. The van der Waals surface area contributed by atoms with E-state index in [1.807, 2.05) is 11.0 Å². The Balaban J connectivity index is 0.00000300. The van der Waals surface area contributed by atoms with Crippen LogP contribution in [0.2, 0.25) is 0 Å². The van der Waals surface area contributed by atoms with Crippen molar-refractivity contribution >= 4 is 35.8 Å². The van der Waals surface area contributed by atoms with Crippen LogP contribution in [-0.4, -0.2) is 92.5 Å². The van der Waals surface area contributed by atoms with Gasteiger partial charge in [0.15, 0.2) is 5.96 Å².